The van der Waals surface area contributed by atoms with E-state index in [0.717, 1.165) is 25.7 Å². The van der Waals surface area contributed by atoms with Crippen molar-refractivity contribution in [1.29, 1.82) is 5.26 Å². The molecule has 1 unspecified atom stereocenters. The molecule has 2 N–H and O–H groups in total. The van der Waals surface area contributed by atoms with Crippen molar-refractivity contribution < 1.29 is 4.79 Å². The molecule has 0 bridgehead atoms. The quantitative estimate of drug-likeness (QED) is 0.732. The van der Waals surface area contributed by atoms with E-state index in [9.17, 15) is 4.79 Å². The fourth-order valence-electron chi connectivity index (χ4n) is 1.58. The molecule has 1 aliphatic rings. The van der Waals surface area contributed by atoms with Crippen LogP contribution in [0, 0.1) is 17.2 Å². The summed E-state index contributed by atoms with van der Waals surface area (Å²) in [5.41, 5.74) is 0.711. The zero-order chi connectivity index (χ0) is 12.5. The van der Waals surface area contributed by atoms with E-state index in [1.54, 1.807) is 0 Å². The van der Waals surface area contributed by atoms with Gasteiger partial charge in [0.2, 0.25) is 0 Å². The van der Waals surface area contributed by atoms with E-state index in [4.69, 9.17) is 5.26 Å². The zero-order valence-corrected chi connectivity index (χ0v) is 10.2. The van der Waals surface area contributed by atoms with Gasteiger partial charge in [0, 0.05) is 12.2 Å². The third kappa shape index (κ3) is 5.21. The van der Waals surface area contributed by atoms with E-state index in [2.05, 4.69) is 23.6 Å². The van der Waals surface area contributed by atoms with Crippen molar-refractivity contribution in [2.24, 2.45) is 5.92 Å². The maximum atomic E-state index is 11.5. The molecule has 0 heterocycles. The Morgan fingerprint density at radius 1 is 1.65 bits per heavy atom. The lowest BCUT2D eigenvalue weighted by molar-refractivity contribution is 0.243. The first-order chi connectivity index (χ1) is 8.26. The van der Waals surface area contributed by atoms with Crippen LogP contribution in [-0.4, -0.2) is 12.6 Å². The van der Waals surface area contributed by atoms with Crippen LogP contribution in [0.25, 0.3) is 0 Å². The molecule has 4 heteroatoms. The van der Waals surface area contributed by atoms with Crippen molar-refractivity contribution in [3.8, 4) is 6.07 Å². The Kier molecular flexibility index (Phi) is 5.87. The summed E-state index contributed by atoms with van der Waals surface area (Å²) in [6.45, 7) is 2.76. The molecule has 0 fully saturated rings. The summed E-state index contributed by atoms with van der Waals surface area (Å²) in [7, 11) is 0. The van der Waals surface area contributed by atoms with Crippen molar-refractivity contribution >= 4 is 6.03 Å². The van der Waals surface area contributed by atoms with Gasteiger partial charge in [-0.05, 0) is 31.4 Å². The van der Waals surface area contributed by atoms with Crippen molar-refractivity contribution in [2.45, 2.75) is 32.6 Å². The van der Waals surface area contributed by atoms with Crippen LogP contribution in [0.15, 0.2) is 23.9 Å². The van der Waals surface area contributed by atoms with Gasteiger partial charge in [0.25, 0.3) is 0 Å². The molecule has 17 heavy (non-hydrogen) atoms. The first-order valence-electron chi connectivity index (χ1n) is 6.09. The third-order valence-corrected chi connectivity index (χ3v) is 2.56. The maximum absolute atomic E-state index is 11.5. The van der Waals surface area contributed by atoms with Crippen molar-refractivity contribution in [3.63, 3.8) is 0 Å². The highest BCUT2D eigenvalue weighted by Crippen LogP contribution is 2.14. The number of hydrogen-bond acceptors (Lipinski definition) is 2. The number of nitrogens with one attached hydrogen (secondary N) is 2. The summed E-state index contributed by atoms with van der Waals surface area (Å²) in [5, 5.41) is 14.4. The molecule has 4 nitrogen and oxygen atoms in total. The minimum Gasteiger partial charge on any atom is -0.338 e. The Labute approximate surface area is 102 Å². The summed E-state index contributed by atoms with van der Waals surface area (Å²) in [4.78, 5) is 11.5. The molecular formula is C13H19N3O. The van der Waals surface area contributed by atoms with Gasteiger partial charge in [0.1, 0.15) is 0 Å². The first kappa shape index (κ1) is 13.3. The number of nitriles is 1. The highest BCUT2D eigenvalue weighted by molar-refractivity contribution is 5.76. The molecule has 1 atom stereocenters. The smallest absolute Gasteiger partial charge is 0.319 e. The molecule has 0 aliphatic heterocycles. The van der Waals surface area contributed by atoms with Gasteiger partial charge in [-0.15, -0.1) is 0 Å². The average Bonchev–Trinajstić information content (AvgIpc) is 2.54. The van der Waals surface area contributed by atoms with Gasteiger partial charge < -0.3 is 10.6 Å². The second-order valence-electron chi connectivity index (χ2n) is 4.07. The number of urea groups is 1. The van der Waals surface area contributed by atoms with Gasteiger partial charge >= 0.3 is 6.03 Å². The van der Waals surface area contributed by atoms with Gasteiger partial charge in [-0.25, -0.2) is 4.79 Å². The monoisotopic (exact) mass is 233 g/mol. The Hall–Kier alpha value is -1.76. The van der Waals surface area contributed by atoms with Gasteiger partial charge in [-0.2, -0.15) is 5.26 Å². The molecular weight excluding hydrogens is 214 g/mol. The van der Waals surface area contributed by atoms with Crippen LogP contribution in [0.1, 0.15) is 32.6 Å². The van der Waals surface area contributed by atoms with Crippen LogP contribution in [0.4, 0.5) is 4.79 Å². The highest BCUT2D eigenvalue weighted by Gasteiger charge is 2.09. The lowest BCUT2D eigenvalue weighted by Crippen LogP contribution is -2.35. The van der Waals surface area contributed by atoms with Gasteiger partial charge in [-0.1, -0.05) is 19.4 Å². The highest BCUT2D eigenvalue weighted by atomic mass is 16.2. The van der Waals surface area contributed by atoms with Gasteiger partial charge in [0.15, 0.2) is 0 Å². The third-order valence-electron chi connectivity index (χ3n) is 2.56. The molecule has 0 aromatic rings. The summed E-state index contributed by atoms with van der Waals surface area (Å²) >= 11 is 0. The van der Waals surface area contributed by atoms with E-state index in [1.165, 1.54) is 0 Å². The standard InChI is InChI=1S/C13H19N3O/c1-2-3-8-15-13(17)16-12-7-5-4-6-11(9-12)10-14/h5,7,9,11H,2-4,6,8H2,1H3,(H2,15,16,17). The fraction of sp³-hybridized carbons (Fsp3) is 0.538. The molecule has 2 amide bonds. The summed E-state index contributed by atoms with van der Waals surface area (Å²) in [6.07, 6.45) is 9.37. The van der Waals surface area contributed by atoms with E-state index in [-0.39, 0.29) is 11.9 Å². The Morgan fingerprint density at radius 2 is 2.47 bits per heavy atom. The zero-order valence-electron chi connectivity index (χ0n) is 10.2. The molecule has 0 spiro atoms. The molecule has 1 rings (SSSR count). The lowest BCUT2D eigenvalue weighted by Gasteiger charge is -2.08. The topological polar surface area (TPSA) is 64.9 Å². The summed E-state index contributed by atoms with van der Waals surface area (Å²) in [6, 6.07) is 2.01. The lowest BCUT2D eigenvalue weighted by atomic mass is 10.1. The molecule has 0 aromatic carbocycles. The number of allylic oxidation sites excluding steroid dienone is 3. The molecule has 0 saturated carbocycles. The number of unbranched alkanes of at least 4 members (excludes halogenated alkanes) is 1. The molecule has 0 saturated heterocycles. The maximum Gasteiger partial charge on any atom is 0.319 e. The second kappa shape index (κ2) is 7.50. The van der Waals surface area contributed by atoms with Crippen LogP contribution in [0.2, 0.25) is 0 Å². The number of nitrogens with zero attached hydrogens (tertiary/aromatic N) is 1. The molecule has 1 aliphatic carbocycles. The number of carbonyl (C=O) groups excluding carboxylic acids is 1. The van der Waals surface area contributed by atoms with Crippen molar-refractivity contribution in [1.82, 2.24) is 10.6 Å². The Balaban J connectivity index is 2.45. The number of carbonyl (C=O) groups is 1. The number of rotatable bonds is 4. The number of amides is 2. The van der Waals surface area contributed by atoms with Crippen LogP contribution >= 0.6 is 0 Å². The van der Waals surface area contributed by atoms with E-state index in [1.807, 2.05) is 18.2 Å². The SMILES string of the molecule is CCCCNC(=O)NC1=CC(C#N)CCC=C1. The van der Waals surface area contributed by atoms with E-state index in [0.29, 0.717) is 12.2 Å². The first-order valence-corrected chi connectivity index (χ1v) is 6.09. The van der Waals surface area contributed by atoms with E-state index >= 15 is 0 Å². The minimum atomic E-state index is -0.201. The Bertz CT molecular complexity index is 352. The minimum absolute atomic E-state index is 0.115. The van der Waals surface area contributed by atoms with Crippen molar-refractivity contribution in [2.75, 3.05) is 6.54 Å². The number of hydrogen-bond donors (Lipinski definition) is 2. The van der Waals surface area contributed by atoms with Gasteiger partial charge in [-0.3, -0.25) is 0 Å². The second-order valence-corrected chi connectivity index (χ2v) is 4.07. The van der Waals surface area contributed by atoms with Crippen LogP contribution in [-0.2, 0) is 0 Å². The normalized spacial score (nSPS) is 18.8. The molecule has 0 aromatic heterocycles. The summed E-state index contributed by atoms with van der Waals surface area (Å²) < 4.78 is 0. The summed E-state index contributed by atoms with van der Waals surface area (Å²) in [5.74, 6) is -0.115. The van der Waals surface area contributed by atoms with E-state index < -0.39 is 0 Å². The van der Waals surface area contributed by atoms with Crippen LogP contribution in [0.5, 0.6) is 0 Å². The largest absolute Gasteiger partial charge is 0.338 e. The van der Waals surface area contributed by atoms with Crippen LogP contribution in [0.3, 0.4) is 0 Å². The van der Waals surface area contributed by atoms with Crippen LogP contribution < -0.4 is 10.6 Å². The van der Waals surface area contributed by atoms with Crippen molar-refractivity contribution in [3.05, 3.63) is 23.9 Å². The molecule has 92 valence electrons. The predicted molar refractivity (Wildman–Crippen MR) is 67.0 cm³/mol. The predicted octanol–water partition coefficient (Wildman–Crippen LogP) is 2.46. The Morgan fingerprint density at radius 3 is 3.18 bits per heavy atom. The fourth-order valence-corrected chi connectivity index (χ4v) is 1.58. The van der Waals surface area contributed by atoms with Gasteiger partial charge in [0.05, 0.1) is 12.0 Å². The average molecular weight is 233 g/mol. The molecule has 0 radical (unpaired) electrons.